The molecular weight excluding hydrogens is 328 g/mol. The fourth-order valence-electron chi connectivity index (χ4n) is 3.22. The number of carbonyl (C=O) groups excluding carboxylic acids is 3. The molecule has 24 heavy (non-hydrogen) atoms. The van der Waals surface area contributed by atoms with Crippen molar-refractivity contribution in [1.82, 2.24) is 9.80 Å². The third-order valence-electron chi connectivity index (χ3n) is 4.58. The Morgan fingerprint density at radius 3 is 2.58 bits per heavy atom. The van der Waals surface area contributed by atoms with Crippen molar-refractivity contribution in [3.63, 3.8) is 0 Å². The molecule has 0 spiro atoms. The molecule has 0 radical (unpaired) electrons. The Morgan fingerprint density at radius 1 is 1.25 bits per heavy atom. The van der Waals surface area contributed by atoms with Crippen LogP contribution in [0.25, 0.3) is 0 Å². The van der Waals surface area contributed by atoms with E-state index < -0.39 is 0 Å². The first kappa shape index (κ1) is 17.1. The molecule has 0 aromatic carbocycles. The van der Waals surface area contributed by atoms with Gasteiger partial charge in [0.2, 0.25) is 17.7 Å². The molecule has 6 nitrogen and oxygen atoms in total. The van der Waals surface area contributed by atoms with Crippen LogP contribution in [0.1, 0.15) is 30.6 Å². The summed E-state index contributed by atoms with van der Waals surface area (Å²) in [4.78, 5) is 40.5. The van der Waals surface area contributed by atoms with Gasteiger partial charge >= 0.3 is 0 Å². The van der Waals surface area contributed by atoms with Crippen LogP contribution >= 0.6 is 11.3 Å². The van der Waals surface area contributed by atoms with Crippen LogP contribution < -0.4 is 0 Å². The molecule has 0 saturated carbocycles. The van der Waals surface area contributed by atoms with Crippen molar-refractivity contribution < 1.29 is 19.1 Å². The number of ether oxygens (including phenoxy) is 1. The molecule has 130 valence electrons. The van der Waals surface area contributed by atoms with Crippen molar-refractivity contribution in [1.29, 1.82) is 0 Å². The van der Waals surface area contributed by atoms with E-state index in [1.807, 2.05) is 16.3 Å². The smallest absolute Gasteiger partial charge is 0.243 e. The van der Waals surface area contributed by atoms with Crippen molar-refractivity contribution in [3.05, 3.63) is 22.4 Å². The Labute approximate surface area is 145 Å². The van der Waals surface area contributed by atoms with Gasteiger partial charge in [0.25, 0.3) is 0 Å². The van der Waals surface area contributed by atoms with Crippen molar-refractivity contribution in [2.24, 2.45) is 0 Å². The van der Waals surface area contributed by atoms with Gasteiger partial charge in [-0.05, 0) is 30.7 Å². The Morgan fingerprint density at radius 2 is 1.96 bits per heavy atom. The first-order chi connectivity index (χ1) is 11.6. The molecule has 0 unspecified atom stereocenters. The second-order valence-electron chi connectivity index (χ2n) is 6.13. The second kappa shape index (κ2) is 7.90. The highest BCUT2D eigenvalue weighted by Crippen LogP contribution is 2.19. The number of imide groups is 1. The fourth-order valence-corrected chi connectivity index (χ4v) is 3.92. The zero-order valence-corrected chi connectivity index (χ0v) is 14.4. The van der Waals surface area contributed by atoms with E-state index >= 15 is 0 Å². The van der Waals surface area contributed by atoms with Gasteiger partial charge in [0.05, 0.1) is 0 Å². The average Bonchev–Trinajstić information content (AvgIpc) is 3.21. The van der Waals surface area contributed by atoms with Gasteiger partial charge in [0.15, 0.2) is 0 Å². The first-order valence-corrected chi connectivity index (χ1v) is 9.26. The third kappa shape index (κ3) is 4.02. The summed E-state index contributed by atoms with van der Waals surface area (Å²) in [5.74, 6) is -0.612. The van der Waals surface area contributed by atoms with E-state index in [1.54, 1.807) is 11.3 Å². The molecule has 0 N–H and O–H groups in total. The van der Waals surface area contributed by atoms with E-state index in [4.69, 9.17) is 4.74 Å². The summed E-state index contributed by atoms with van der Waals surface area (Å²) >= 11 is 1.68. The van der Waals surface area contributed by atoms with E-state index in [9.17, 15) is 14.4 Å². The number of thiophene rings is 1. The predicted octanol–water partition coefficient (Wildman–Crippen LogP) is 1.45. The maximum Gasteiger partial charge on any atom is 0.243 e. The standard InChI is InChI=1S/C17H22N2O4S/c20-15-3-4-16(21)19(15)12-17(22)18(13-6-9-23-10-7-13)8-5-14-2-1-11-24-14/h1-2,11,13H,3-10,12H2. The highest BCUT2D eigenvalue weighted by molar-refractivity contribution is 7.09. The number of nitrogens with zero attached hydrogens (tertiary/aromatic N) is 2. The van der Waals surface area contributed by atoms with Crippen LogP contribution in [-0.2, 0) is 25.5 Å². The number of hydrogen-bond acceptors (Lipinski definition) is 5. The maximum atomic E-state index is 12.8. The Kier molecular flexibility index (Phi) is 5.63. The van der Waals surface area contributed by atoms with Crippen LogP contribution in [0.4, 0.5) is 0 Å². The molecule has 7 heteroatoms. The Hall–Kier alpha value is -1.73. The number of amides is 3. The van der Waals surface area contributed by atoms with Gasteiger partial charge < -0.3 is 9.64 Å². The lowest BCUT2D eigenvalue weighted by Crippen LogP contribution is -2.49. The number of likely N-dealkylation sites (tertiary alicyclic amines) is 1. The van der Waals surface area contributed by atoms with Crippen LogP contribution in [0.2, 0.25) is 0 Å². The van der Waals surface area contributed by atoms with E-state index in [-0.39, 0.29) is 43.1 Å². The SMILES string of the molecule is O=C1CCC(=O)N1CC(=O)N(CCc1cccs1)C1CCOCC1. The summed E-state index contributed by atoms with van der Waals surface area (Å²) in [7, 11) is 0. The molecule has 3 amide bonds. The van der Waals surface area contributed by atoms with Gasteiger partial charge in [-0.2, -0.15) is 0 Å². The van der Waals surface area contributed by atoms with Crippen LogP contribution in [0.3, 0.4) is 0 Å². The van der Waals surface area contributed by atoms with Gasteiger partial charge in [0, 0.05) is 43.5 Å². The molecule has 1 aromatic heterocycles. The highest BCUT2D eigenvalue weighted by atomic mass is 32.1. The summed E-state index contributed by atoms with van der Waals surface area (Å²) in [5.41, 5.74) is 0. The average molecular weight is 350 g/mol. The minimum Gasteiger partial charge on any atom is -0.381 e. The minimum atomic E-state index is -0.237. The van der Waals surface area contributed by atoms with Gasteiger partial charge in [0.1, 0.15) is 6.54 Å². The fraction of sp³-hybridized carbons (Fsp3) is 0.588. The van der Waals surface area contributed by atoms with Crippen LogP contribution in [0.5, 0.6) is 0 Å². The lowest BCUT2D eigenvalue weighted by Gasteiger charge is -2.35. The van der Waals surface area contributed by atoms with Crippen LogP contribution in [0.15, 0.2) is 17.5 Å². The summed E-state index contributed by atoms with van der Waals surface area (Å²) in [6.07, 6.45) is 2.84. The van der Waals surface area contributed by atoms with Crippen molar-refractivity contribution in [2.45, 2.75) is 38.1 Å². The van der Waals surface area contributed by atoms with Crippen LogP contribution in [-0.4, -0.2) is 59.9 Å². The lowest BCUT2D eigenvalue weighted by atomic mass is 10.1. The molecule has 0 bridgehead atoms. The van der Waals surface area contributed by atoms with E-state index in [0.29, 0.717) is 19.8 Å². The van der Waals surface area contributed by atoms with E-state index in [2.05, 4.69) is 6.07 Å². The molecule has 0 aliphatic carbocycles. The summed E-state index contributed by atoms with van der Waals surface area (Å²) in [6, 6.07) is 4.19. The second-order valence-corrected chi connectivity index (χ2v) is 7.17. The van der Waals surface area contributed by atoms with E-state index in [0.717, 1.165) is 24.2 Å². The molecule has 3 rings (SSSR count). The monoisotopic (exact) mass is 350 g/mol. The number of rotatable bonds is 6. The van der Waals surface area contributed by atoms with Gasteiger partial charge in [-0.3, -0.25) is 19.3 Å². The zero-order valence-electron chi connectivity index (χ0n) is 13.6. The molecule has 0 atom stereocenters. The predicted molar refractivity (Wildman–Crippen MR) is 89.5 cm³/mol. The molecule has 2 saturated heterocycles. The zero-order chi connectivity index (χ0) is 16.9. The lowest BCUT2D eigenvalue weighted by molar-refractivity contribution is -0.147. The van der Waals surface area contributed by atoms with Crippen molar-refractivity contribution >= 4 is 29.1 Å². The minimum absolute atomic E-state index is 0.124. The van der Waals surface area contributed by atoms with Crippen LogP contribution in [0, 0.1) is 0 Å². The summed E-state index contributed by atoms with van der Waals surface area (Å²) in [6.45, 7) is 1.78. The topological polar surface area (TPSA) is 66.9 Å². The first-order valence-electron chi connectivity index (χ1n) is 8.38. The van der Waals surface area contributed by atoms with Crippen molar-refractivity contribution in [3.8, 4) is 0 Å². The van der Waals surface area contributed by atoms with E-state index in [1.165, 1.54) is 4.88 Å². The quantitative estimate of drug-likeness (QED) is 0.728. The van der Waals surface area contributed by atoms with Crippen molar-refractivity contribution in [2.75, 3.05) is 26.3 Å². The normalized spacial score (nSPS) is 19.1. The Bertz CT molecular complexity index is 580. The molecule has 2 aliphatic heterocycles. The molecule has 2 fully saturated rings. The van der Waals surface area contributed by atoms with Gasteiger partial charge in [-0.25, -0.2) is 0 Å². The number of carbonyl (C=O) groups is 3. The molecular formula is C17H22N2O4S. The van der Waals surface area contributed by atoms with Gasteiger partial charge in [-0.1, -0.05) is 6.07 Å². The highest BCUT2D eigenvalue weighted by Gasteiger charge is 2.33. The van der Waals surface area contributed by atoms with Gasteiger partial charge in [-0.15, -0.1) is 11.3 Å². The summed E-state index contributed by atoms with van der Waals surface area (Å²) < 4.78 is 5.39. The molecule has 3 heterocycles. The Balaban J connectivity index is 1.66. The largest absolute Gasteiger partial charge is 0.381 e. The molecule has 2 aliphatic rings. The maximum absolute atomic E-state index is 12.8. The summed E-state index contributed by atoms with van der Waals surface area (Å²) in [5, 5.41) is 2.03. The number of hydrogen-bond donors (Lipinski definition) is 0. The molecule has 1 aromatic rings. The third-order valence-corrected chi connectivity index (χ3v) is 5.52.